The van der Waals surface area contributed by atoms with Gasteiger partial charge < -0.3 is 16.0 Å². The number of benzene rings is 2. The average molecular weight is 355 g/mol. The number of hydrogen-bond acceptors (Lipinski definition) is 2. The molecule has 0 unspecified atom stereocenters. The predicted octanol–water partition coefficient (Wildman–Crippen LogP) is 2.68. The standard InChI is InChI=1S/C16H13F4N3O2/c17-10-4-2-1-3-9(10)7-21-16(25)22-8-13(24)23-12-6-5-11(18)14(19)15(12)20/h1-6H,7-8H2,(H,23,24)(H2,21,22,25). The van der Waals surface area contributed by atoms with Gasteiger partial charge in [-0.3, -0.25) is 4.79 Å². The second-order valence-corrected chi connectivity index (χ2v) is 4.90. The highest BCUT2D eigenvalue weighted by atomic mass is 19.2. The van der Waals surface area contributed by atoms with Crippen molar-refractivity contribution in [1.29, 1.82) is 0 Å². The molecule has 132 valence electrons. The lowest BCUT2D eigenvalue weighted by molar-refractivity contribution is -0.115. The van der Waals surface area contributed by atoms with Crippen molar-refractivity contribution in [3.05, 3.63) is 65.2 Å². The molecule has 3 amide bonds. The molecule has 0 aromatic heterocycles. The molecule has 0 radical (unpaired) electrons. The number of anilines is 1. The Balaban J connectivity index is 1.81. The smallest absolute Gasteiger partial charge is 0.315 e. The molecule has 0 heterocycles. The second kappa shape index (κ2) is 8.13. The molecule has 0 atom stereocenters. The fourth-order valence-electron chi connectivity index (χ4n) is 1.86. The highest BCUT2D eigenvalue weighted by Crippen LogP contribution is 2.19. The first-order chi connectivity index (χ1) is 11.9. The Hall–Kier alpha value is -3.10. The van der Waals surface area contributed by atoms with Gasteiger partial charge in [0.25, 0.3) is 0 Å². The maximum absolute atomic E-state index is 13.4. The molecule has 0 aliphatic heterocycles. The fraction of sp³-hybridized carbons (Fsp3) is 0.125. The van der Waals surface area contributed by atoms with Gasteiger partial charge in [0, 0.05) is 12.1 Å². The van der Waals surface area contributed by atoms with Crippen molar-refractivity contribution in [2.75, 3.05) is 11.9 Å². The van der Waals surface area contributed by atoms with Crippen molar-refractivity contribution >= 4 is 17.6 Å². The van der Waals surface area contributed by atoms with E-state index in [0.717, 1.165) is 6.07 Å². The van der Waals surface area contributed by atoms with Crippen LogP contribution < -0.4 is 16.0 Å². The number of carbonyl (C=O) groups is 2. The Morgan fingerprint density at radius 1 is 0.840 bits per heavy atom. The lowest BCUT2D eigenvalue weighted by Gasteiger charge is -2.10. The third kappa shape index (κ3) is 4.93. The lowest BCUT2D eigenvalue weighted by atomic mass is 10.2. The summed E-state index contributed by atoms with van der Waals surface area (Å²) in [6.45, 7) is -0.653. The van der Waals surface area contributed by atoms with Gasteiger partial charge in [0.1, 0.15) is 5.82 Å². The minimum absolute atomic E-state index is 0.0993. The molecular weight excluding hydrogens is 342 g/mol. The quantitative estimate of drug-likeness (QED) is 0.570. The molecule has 0 aliphatic carbocycles. The van der Waals surface area contributed by atoms with Gasteiger partial charge in [-0.1, -0.05) is 18.2 Å². The molecule has 0 spiro atoms. The van der Waals surface area contributed by atoms with E-state index >= 15 is 0 Å². The van der Waals surface area contributed by atoms with Crippen LogP contribution in [0.4, 0.5) is 28.0 Å². The average Bonchev–Trinajstić information content (AvgIpc) is 2.60. The van der Waals surface area contributed by atoms with E-state index in [1.54, 1.807) is 6.07 Å². The molecule has 25 heavy (non-hydrogen) atoms. The van der Waals surface area contributed by atoms with Crippen molar-refractivity contribution in [3.63, 3.8) is 0 Å². The summed E-state index contributed by atoms with van der Waals surface area (Å²) in [4.78, 5) is 23.1. The van der Waals surface area contributed by atoms with E-state index in [1.165, 1.54) is 18.2 Å². The van der Waals surface area contributed by atoms with E-state index in [-0.39, 0.29) is 12.1 Å². The Labute approximate surface area is 140 Å². The van der Waals surface area contributed by atoms with Crippen molar-refractivity contribution in [3.8, 4) is 0 Å². The fourth-order valence-corrected chi connectivity index (χ4v) is 1.86. The van der Waals surface area contributed by atoms with Gasteiger partial charge in [-0.25, -0.2) is 22.4 Å². The predicted molar refractivity (Wildman–Crippen MR) is 81.6 cm³/mol. The minimum Gasteiger partial charge on any atom is -0.334 e. The summed E-state index contributed by atoms with van der Waals surface area (Å²) in [5, 5.41) is 6.49. The normalized spacial score (nSPS) is 10.2. The number of carbonyl (C=O) groups excluding carboxylic acids is 2. The number of hydrogen-bond donors (Lipinski definition) is 3. The highest BCUT2D eigenvalue weighted by Gasteiger charge is 2.15. The van der Waals surface area contributed by atoms with Crippen molar-refractivity contribution in [2.24, 2.45) is 0 Å². The summed E-state index contributed by atoms with van der Waals surface area (Å²) in [6, 6.07) is 6.56. The van der Waals surface area contributed by atoms with Crippen LogP contribution in [0.25, 0.3) is 0 Å². The van der Waals surface area contributed by atoms with E-state index in [4.69, 9.17) is 0 Å². The molecule has 0 saturated carbocycles. The first-order valence-electron chi connectivity index (χ1n) is 7.07. The molecule has 5 nitrogen and oxygen atoms in total. The molecule has 2 aromatic rings. The number of nitrogens with one attached hydrogen (secondary N) is 3. The van der Waals surface area contributed by atoms with Crippen LogP contribution in [0.15, 0.2) is 36.4 Å². The van der Waals surface area contributed by atoms with Crippen LogP contribution in [0.3, 0.4) is 0 Å². The highest BCUT2D eigenvalue weighted by molar-refractivity contribution is 5.94. The Kier molecular flexibility index (Phi) is 5.93. The van der Waals surface area contributed by atoms with Crippen LogP contribution >= 0.6 is 0 Å². The van der Waals surface area contributed by atoms with Gasteiger partial charge in [0.15, 0.2) is 17.5 Å². The topological polar surface area (TPSA) is 70.2 Å². The zero-order valence-corrected chi connectivity index (χ0v) is 12.7. The van der Waals surface area contributed by atoms with Crippen LogP contribution in [0.1, 0.15) is 5.56 Å². The number of urea groups is 1. The third-order valence-electron chi connectivity index (χ3n) is 3.12. The monoisotopic (exact) mass is 355 g/mol. The Morgan fingerprint density at radius 2 is 1.56 bits per heavy atom. The van der Waals surface area contributed by atoms with E-state index in [0.29, 0.717) is 6.07 Å². The first-order valence-corrected chi connectivity index (χ1v) is 7.07. The van der Waals surface area contributed by atoms with Gasteiger partial charge in [-0.2, -0.15) is 0 Å². The van der Waals surface area contributed by atoms with Gasteiger partial charge in [-0.15, -0.1) is 0 Å². The summed E-state index contributed by atoms with van der Waals surface area (Å²) in [5.74, 6) is -5.99. The van der Waals surface area contributed by atoms with E-state index < -0.39 is 47.4 Å². The maximum atomic E-state index is 13.4. The second-order valence-electron chi connectivity index (χ2n) is 4.90. The van der Waals surface area contributed by atoms with E-state index in [9.17, 15) is 27.2 Å². The molecule has 3 N–H and O–H groups in total. The molecule has 0 saturated heterocycles. The molecule has 9 heteroatoms. The summed E-state index contributed by atoms with van der Waals surface area (Å²) >= 11 is 0. The molecule has 0 fully saturated rings. The summed E-state index contributed by atoms with van der Waals surface area (Å²) in [7, 11) is 0. The van der Waals surface area contributed by atoms with Gasteiger partial charge in [0.2, 0.25) is 5.91 Å². The van der Waals surface area contributed by atoms with Crippen LogP contribution in [0, 0.1) is 23.3 Å². The minimum atomic E-state index is -1.71. The Morgan fingerprint density at radius 3 is 2.28 bits per heavy atom. The summed E-state index contributed by atoms with van der Waals surface area (Å²) < 4.78 is 52.6. The van der Waals surface area contributed by atoms with Crippen LogP contribution in [0.2, 0.25) is 0 Å². The van der Waals surface area contributed by atoms with Crippen molar-refractivity contribution in [1.82, 2.24) is 10.6 Å². The summed E-state index contributed by atoms with van der Waals surface area (Å²) in [6.07, 6.45) is 0. The Bertz CT molecular complexity index is 799. The number of rotatable bonds is 5. The van der Waals surface area contributed by atoms with Crippen LogP contribution in [-0.2, 0) is 11.3 Å². The first kappa shape index (κ1) is 18.2. The largest absolute Gasteiger partial charge is 0.334 e. The number of halogens is 4. The van der Waals surface area contributed by atoms with Crippen molar-refractivity contribution in [2.45, 2.75) is 6.54 Å². The molecule has 0 aliphatic rings. The van der Waals surface area contributed by atoms with Gasteiger partial charge >= 0.3 is 6.03 Å². The van der Waals surface area contributed by atoms with Crippen LogP contribution in [0.5, 0.6) is 0 Å². The van der Waals surface area contributed by atoms with Crippen LogP contribution in [-0.4, -0.2) is 18.5 Å². The molecule has 0 bridgehead atoms. The van der Waals surface area contributed by atoms with Gasteiger partial charge in [-0.05, 0) is 18.2 Å². The zero-order chi connectivity index (χ0) is 18.4. The number of amides is 3. The van der Waals surface area contributed by atoms with E-state index in [2.05, 4.69) is 10.6 Å². The van der Waals surface area contributed by atoms with Gasteiger partial charge in [0.05, 0.1) is 12.2 Å². The molecular formula is C16H13F4N3O2. The van der Waals surface area contributed by atoms with E-state index in [1.807, 2.05) is 5.32 Å². The molecule has 2 aromatic carbocycles. The molecule has 2 rings (SSSR count). The van der Waals surface area contributed by atoms with Crippen molar-refractivity contribution < 1.29 is 27.2 Å². The summed E-state index contributed by atoms with van der Waals surface area (Å²) in [5.41, 5.74) is -0.302. The zero-order valence-electron chi connectivity index (χ0n) is 12.7. The maximum Gasteiger partial charge on any atom is 0.315 e. The third-order valence-corrected chi connectivity index (χ3v) is 3.12. The lowest BCUT2D eigenvalue weighted by Crippen LogP contribution is -2.39. The SMILES string of the molecule is O=C(CNC(=O)NCc1ccccc1F)Nc1ccc(F)c(F)c1F.